The van der Waals surface area contributed by atoms with Crippen molar-refractivity contribution in [2.24, 2.45) is 0 Å². The lowest BCUT2D eigenvalue weighted by Crippen LogP contribution is -2.51. The van der Waals surface area contributed by atoms with Crippen molar-refractivity contribution in [1.82, 2.24) is 14.9 Å². The number of nitrogens with zero attached hydrogens (tertiary/aromatic N) is 3. The Labute approximate surface area is 169 Å². The molecule has 1 N–H and O–H groups in total. The number of aliphatic hydroxyl groups excluding tert-OH is 1. The summed E-state index contributed by atoms with van der Waals surface area (Å²) in [6, 6.07) is 18.1. The first-order chi connectivity index (χ1) is 14.1. The van der Waals surface area contributed by atoms with E-state index in [1.165, 1.54) is 22.0 Å². The molecule has 4 rings (SSSR count). The summed E-state index contributed by atoms with van der Waals surface area (Å²) >= 11 is 0. The lowest BCUT2D eigenvalue weighted by molar-refractivity contribution is -0.110. The van der Waals surface area contributed by atoms with Gasteiger partial charge in [0.15, 0.2) is 5.78 Å². The van der Waals surface area contributed by atoms with Crippen LogP contribution in [0.2, 0.25) is 0 Å². The number of carbonyl (C=O) groups excluding carboxylic acids is 2. The smallest absolute Gasteiger partial charge is 0.338 e. The molecule has 1 fully saturated rings. The number of hydrogen-bond donors (Lipinski definition) is 1. The molecular formula is C23H23N3O3. The van der Waals surface area contributed by atoms with Gasteiger partial charge in [-0.15, -0.1) is 0 Å². The minimum atomic E-state index is -1.20. The molecule has 0 saturated carbocycles. The highest BCUT2D eigenvalue weighted by Gasteiger charge is 2.46. The highest BCUT2D eigenvalue weighted by Crippen LogP contribution is 2.33. The zero-order chi connectivity index (χ0) is 20.4. The first kappa shape index (κ1) is 19.1. The fourth-order valence-corrected chi connectivity index (χ4v) is 3.81. The first-order valence-corrected chi connectivity index (χ1v) is 9.57. The summed E-state index contributed by atoms with van der Waals surface area (Å²) in [6.07, 6.45) is 6.61. The van der Waals surface area contributed by atoms with Crippen molar-refractivity contribution in [3.8, 4) is 0 Å². The van der Waals surface area contributed by atoms with Crippen LogP contribution in [0.5, 0.6) is 0 Å². The quantitative estimate of drug-likeness (QED) is 0.799. The van der Waals surface area contributed by atoms with E-state index in [-0.39, 0.29) is 30.3 Å². The average Bonchev–Trinajstić information content (AvgIpc) is 2.98. The van der Waals surface area contributed by atoms with Gasteiger partial charge in [0.1, 0.15) is 0 Å². The van der Waals surface area contributed by atoms with Crippen LogP contribution in [-0.2, 0) is 0 Å². The van der Waals surface area contributed by atoms with E-state index in [2.05, 4.69) is 0 Å². The maximum absolute atomic E-state index is 13.0. The monoisotopic (exact) mass is 389 g/mol. The van der Waals surface area contributed by atoms with Crippen molar-refractivity contribution in [1.29, 1.82) is 0 Å². The molecule has 0 spiro atoms. The number of aliphatic hydroxyl groups is 1. The highest BCUT2D eigenvalue weighted by molar-refractivity contribution is 5.97. The number of allylic oxidation sites excluding steroid dienone is 2. The van der Waals surface area contributed by atoms with Gasteiger partial charge in [0.05, 0.1) is 12.6 Å². The van der Waals surface area contributed by atoms with Crippen LogP contribution in [0.4, 0.5) is 4.79 Å². The van der Waals surface area contributed by atoms with Crippen molar-refractivity contribution >= 4 is 11.8 Å². The second-order valence-corrected chi connectivity index (χ2v) is 7.17. The lowest BCUT2D eigenvalue weighted by Gasteiger charge is -2.37. The van der Waals surface area contributed by atoms with E-state index in [1.807, 2.05) is 60.7 Å². The highest BCUT2D eigenvalue weighted by atomic mass is 16.3. The molecule has 1 aliphatic heterocycles. The summed E-state index contributed by atoms with van der Waals surface area (Å²) in [4.78, 5) is 27.0. The standard InChI is InChI=1S/C23H23N3O3/c1-24-22(28)25(16-21(27)18-12-6-3-7-13-18)26(23(24)29)20-15-9-8-14-19(20)17-10-4-2-5-11-17/h2-15,19-20,22,28H,16H2,1H3/t19-,20+,22?/m1/s1. The van der Waals surface area contributed by atoms with Crippen molar-refractivity contribution in [3.63, 3.8) is 0 Å². The van der Waals surface area contributed by atoms with E-state index in [4.69, 9.17) is 0 Å². The second kappa shape index (κ2) is 8.03. The van der Waals surface area contributed by atoms with Crippen molar-refractivity contribution < 1.29 is 14.7 Å². The molecule has 2 amide bonds. The zero-order valence-electron chi connectivity index (χ0n) is 16.1. The van der Waals surface area contributed by atoms with Gasteiger partial charge in [-0.3, -0.25) is 9.69 Å². The SMILES string of the molecule is CN1C(=O)N([C@H]2C=CC=C[C@@H]2c2ccccc2)N(CC(=O)c2ccccc2)C1O. The Morgan fingerprint density at radius 2 is 1.59 bits per heavy atom. The Bertz CT molecular complexity index is 942. The Kier molecular flexibility index (Phi) is 5.29. The number of urea groups is 1. The number of carbonyl (C=O) groups is 2. The zero-order valence-corrected chi connectivity index (χ0v) is 16.1. The molecule has 0 bridgehead atoms. The summed E-state index contributed by atoms with van der Waals surface area (Å²) in [5, 5.41) is 13.6. The number of ketones is 1. The third kappa shape index (κ3) is 3.60. The number of hydrazine groups is 1. The molecule has 2 aromatic rings. The first-order valence-electron chi connectivity index (χ1n) is 9.57. The molecule has 0 radical (unpaired) electrons. The van der Waals surface area contributed by atoms with Crippen LogP contribution in [0.3, 0.4) is 0 Å². The topological polar surface area (TPSA) is 64.1 Å². The van der Waals surface area contributed by atoms with Gasteiger partial charge >= 0.3 is 6.03 Å². The van der Waals surface area contributed by atoms with Crippen molar-refractivity contribution in [2.45, 2.75) is 18.3 Å². The number of benzene rings is 2. The van der Waals surface area contributed by atoms with Crippen LogP contribution in [0, 0.1) is 0 Å². The summed E-state index contributed by atoms with van der Waals surface area (Å²) in [7, 11) is 1.53. The van der Waals surface area contributed by atoms with Gasteiger partial charge in [-0.1, -0.05) is 85.0 Å². The molecule has 2 aliphatic rings. The predicted octanol–water partition coefficient (Wildman–Crippen LogP) is 3.01. The molecule has 1 heterocycles. The van der Waals surface area contributed by atoms with Crippen molar-refractivity contribution in [2.75, 3.05) is 13.6 Å². The van der Waals surface area contributed by atoms with Crippen molar-refractivity contribution in [3.05, 3.63) is 96.1 Å². The molecule has 2 aromatic carbocycles. The molecule has 6 heteroatoms. The molecule has 0 aromatic heterocycles. The summed E-state index contributed by atoms with van der Waals surface area (Å²) in [6.45, 7) is -0.100. The summed E-state index contributed by atoms with van der Waals surface area (Å²) in [5.74, 6) is -0.248. The second-order valence-electron chi connectivity index (χ2n) is 7.17. The van der Waals surface area contributed by atoms with E-state index in [0.717, 1.165) is 5.56 Å². The molecule has 29 heavy (non-hydrogen) atoms. The number of rotatable bonds is 5. The van der Waals surface area contributed by atoms with Gasteiger partial charge in [0, 0.05) is 18.5 Å². The van der Waals surface area contributed by atoms with E-state index in [0.29, 0.717) is 5.56 Å². The molecule has 1 unspecified atom stereocenters. The number of Topliss-reactive ketones (excluding diaryl/α,β-unsaturated/α-hetero) is 1. The third-order valence-corrected chi connectivity index (χ3v) is 5.36. The molecular weight excluding hydrogens is 366 g/mol. The van der Waals surface area contributed by atoms with Gasteiger partial charge in [-0.05, 0) is 5.56 Å². The maximum atomic E-state index is 13.0. The fraction of sp³-hybridized carbons (Fsp3) is 0.217. The molecule has 148 valence electrons. The van der Waals surface area contributed by atoms with Crippen LogP contribution in [-0.4, -0.2) is 57.8 Å². The lowest BCUT2D eigenvalue weighted by atomic mass is 9.88. The Morgan fingerprint density at radius 1 is 0.966 bits per heavy atom. The van der Waals surface area contributed by atoms with Gasteiger partial charge < -0.3 is 5.11 Å². The fourth-order valence-electron chi connectivity index (χ4n) is 3.81. The Hall–Kier alpha value is -3.22. The largest absolute Gasteiger partial charge is 0.359 e. The molecule has 1 aliphatic carbocycles. The van der Waals surface area contributed by atoms with Gasteiger partial charge in [0.25, 0.3) is 0 Å². The average molecular weight is 389 g/mol. The van der Waals surface area contributed by atoms with Crippen LogP contribution in [0.25, 0.3) is 0 Å². The minimum absolute atomic E-state index is 0.0850. The molecule has 6 nitrogen and oxygen atoms in total. The normalized spacial score (nSPS) is 24.3. The van der Waals surface area contributed by atoms with E-state index in [1.54, 1.807) is 24.3 Å². The summed E-state index contributed by atoms with van der Waals surface area (Å²) in [5.41, 5.74) is 1.60. The Balaban J connectivity index is 1.65. The van der Waals surface area contributed by atoms with Crippen LogP contribution < -0.4 is 0 Å². The van der Waals surface area contributed by atoms with E-state index < -0.39 is 6.35 Å². The molecule has 1 saturated heterocycles. The van der Waals surface area contributed by atoms with E-state index in [9.17, 15) is 14.7 Å². The van der Waals surface area contributed by atoms with Crippen LogP contribution >= 0.6 is 0 Å². The molecule has 3 atom stereocenters. The van der Waals surface area contributed by atoms with Gasteiger partial charge in [-0.25, -0.2) is 9.80 Å². The number of hydrogen-bond acceptors (Lipinski definition) is 4. The predicted molar refractivity (Wildman–Crippen MR) is 110 cm³/mol. The summed E-state index contributed by atoms with van der Waals surface area (Å²) < 4.78 is 0. The van der Waals surface area contributed by atoms with E-state index >= 15 is 0 Å². The van der Waals surface area contributed by atoms with Crippen LogP contribution in [0.1, 0.15) is 21.8 Å². The van der Waals surface area contributed by atoms with Gasteiger partial charge in [0.2, 0.25) is 6.35 Å². The maximum Gasteiger partial charge on any atom is 0.338 e. The van der Waals surface area contributed by atoms with Gasteiger partial charge in [-0.2, -0.15) is 5.01 Å². The van der Waals surface area contributed by atoms with Crippen LogP contribution in [0.15, 0.2) is 85.0 Å². The third-order valence-electron chi connectivity index (χ3n) is 5.36. The Morgan fingerprint density at radius 3 is 2.28 bits per heavy atom. The number of amides is 2. The minimum Gasteiger partial charge on any atom is -0.359 e.